The fourth-order valence-electron chi connectivity index (χ4n) is 3.45. The van der Waals surface area contributed by atoms with Crippen molar-refractivity contribution in [2.45, 2.75) is 64.7 Å². The van der Waals surface area contributed by atoms with Crippen molar-refractivity contribution in [3.8, 4) is 0 Å². The highest BCUT2D eigenvalue weighted by atomic mass is 14.4. The van der Waals surface area contributed by atoms with Gasteiger partial charge in [0.1, 0.15) is 0 Å². The molecular formula is C13H24. The molecule has 0 aromatic carbocycles. The van der Waals surface area contributed by atoms with Crippen LogP contribution in [0.2, 0.25) is 0 Å². The minimum Gasteiger partial charge on any atom is -0.0654 e. The summed E-state index contributed by atoms with van der Waals surface area (Å²) in [7, 11) is 0. The SMILES string of the molecule is CCCCC[C@@H]1CCC[C@H]2CC[C@@H]12. The van der Waals surface area contributed by atoms with Crippen LogP contribution in [0, 0.1) is 17.8 Å². The molecule has 2 aliphatic rings. The molecule has 0 nitrogen and oxygen atoms in total. The fraction of sp³-hybridized carbons (Fsp3) is 1.00. The van der Waals surface area contributed by atoms with Crippen LogP contribution in [-0.2, 0) is 0 Å². The number of unbranched alkanes of at least 4 members (excludes halogenated alkanes) is 2. The third-order valence-corrected chi connectivity index (χ3v) is 4.41. The highest BCUT2D eigenvalue weighted by Crippen LogP contribution is 2.49. The Labute approximate surface area is 83.1 Å². The molecule has 0 aromatic rings. The van der Waals surface area contributed by atoms with Crippen LogP contribution in [0.5, 0.6) is 0 Å². The van der Waals surface area contributed by atoms with Crippen molar-refractivity contribution in [1.29, 1.82) is 0 Å². The van der Waals surface area contributed by atoms with E-state index in [2.05, 4.69) is 6.92 Å². The Morgan fingerprint density at radius 1 is 1.00 bits per heavy atom. The molecule has 0 aliphatic heterocycles. The van der Waals surface area contributed by atoms with Gasteiger partial charge in [-0.3, -0.25) is 0 Å². The first-order valence-corrected chi connectivity index (χ1v) is 6.42. The van der Waals surface area contributed by atoms with Crippen molar-refractivity contribution in [2.24, 2.45) is 17.8 Å². The predicted molar refractivity (Wildman–Crippen MR) is 57.7 cm³/mol. The monoisotopic (exact) mass is 180 g/mol. The molecular weight excluding hydrogens is 156 g/mol. The lowest BCUT2D eigenvalue weighted by Gasteiger charge is -2.46. The zero-order valence-corrected chi connectivity index (χ0v) is 9.10. The van der Waals surface area contributed by atoms with Gasteiger partial charge in [0.2, 0.25) is 0 Å². The van der Waals surface area contributed by atoms with Gasteiger partial charge in [-0.05, 0) is 30.6 Å². The molecule has 13 heavy (non-hydrogen) atoms. The second-order valence-electron chi connectivity index (χ2n) is 5.19. The van der Waals surface area contributed by atoms with E-state index in [0.29, 0.717) is 0 Å². The van der Waals surface area contributed by atoms with Gasteiger partial charge in [-0.25, -0.2) is 0 Å². The lowest BCUT2D eigenvalue weighted by Crippen LogP contribution is -2.36. The van der Waals surface area contributed by atoms with Gasteiger partial charge in [-0.2, -0.15) is 0 Å². The Morgan fingerprint density at radius 2 is 1.92 bits per heavy atom. The van der Waals surface area contributed by atoms with Crippen molar-refractivity contribution >= 4 is 0 Å². The molecule has 0 spiro atoms. The van der Waals surface area contributed by atoms with Crippen LogP contribution in [0.4, 0.5) is 0 Å². The minimum atomic E-state index is 1.14. The van der Waals surface area contributed by atoms with Gasteiger partial charge >= 0.3 is 0 Å². The van der Waals surface area contributed by atoms with Crippen LogP contribution >= 0.6 is 0 Å². The highest BCUT2D eigenvalue weighted by molar-refractivity contribution is 4.89. The summed E-state index contributed by atoms with van der Waals surface area (Å²) >= 11 is 0. The molecule has 0 radical (unpaired) electrons. The third kappa shape index (κ3) is 2.08. The standard InChI is InChI=1S/C13H24/c1-2-3-4-6-11-7-5-8-12-9-10-13(11)12/h11-13H,2-10H2,1H3/t11-,12+,13+/m1/s1. The Hall–Kier alpha value is 0. The van der Waals surface area contributed by atoms with E-state index in [0.717, 1.165) is 5.92 Å². The van der Waals surface area contributed by atoms with E-state index in [1.165, 1.54) is 37.5 Å². The van der Waals surface area contributed by atoms with Crippen molar-refractivity contribution in [3.63, 3.8) is 0 Å². The average molecular weight is 180 g/mol. The maximum absolute atomic E-state index is 2.31. The van der Waals surface area contributed by atoms with Crippen molar-refractivity contribution in [3.05, 3.63) is 0 Å². The molecule has 2 fully saturated rings. The van der Waals surface area contributed by atoms with Gasteiger partial charge in [-0.1, -0.05) is 51.9 Å². The molecule has 0 heteroatoms. The number of hydrogen-bond donors (Lipinski definition) is 0. The summed E-state index contributed by atoms with van der Waals surface area (Å²) < 4.78 is 0. The number of hydrogen-bond acceptors (Lipinski definition) is 0. The zero-order valence-electron chi connectivity index (χ0n) is 9.10. The second kappa shape index (κ2) is 4.48. The molecule has 0 aromatic heterocycles. The van der Waals surface area contributed by atoms with Crippen molar-refractivity contribution in [1.82, 2.24) is 0 Å². The van der Waals surface area contributed by atoms with E-state index in [1.807, 2.05) is 0 Å². The van der Waals surface area contributed by atoms with E-state index in [-0.39, 0.29) is 0 Å². The van der Waals surface area contributed by atoms with Crippen molar-refractivity contribution < 1.29 is 0 Å². The summed E-state index contributed by atoms with van der Waals surface area (Å²) in [6.07, 6.45) is 13.7. The molecule has 0 amide bonds. The quantitative estimate of drug-likeness (QED) is 0.563. The molecule has 0 unspecified atom stereocenters. The first kappa shape index (κ1) is 9.55. The first-order chi connectivity index (χ1) is 6.42. The molecule has 2 rings (SSSR count). The van der Waals surface area contributed by atoms with Crippen LogP contribution in [-0.4, -0.2) is 0 Å². The zero-order chi connectivity index (χ0) is 9.10. The third-order valence-electron chi connectivity index (χ3n) is 4.41. The molecule has 2 aliphatic carbocycles. The highest BCUT2D eigenvalue weighted by Gasteiger charge is 2.38. The smallest absolute Gasteiger partial charge is 0.0357 e. The first-order valence-electron chi connectivity index (χ1n) is 6.42. The van der Waals surface area contributed by atoms with E-state index >= 15 is 0 Å². The Balaban J connectivity index is 1.71. The number of fused-ring (bicyclic) bond motifs is 1. The Bertz CT molecular complexity index is 150. The Kier molecular flexibility index (Phi) is 3.29. The van der Waals surface area contributed by atoms with Crippen LogP contribution < -0.4 is 0 Å². The fourth-order valence-corrected chi connectivity index (χ4v) is 3.45. The predicted octanol–water partition coefficient (Wildman–Crippen LogP) is 4.39. The molecule has 0 heterocycles. The van der Waals surface area contributed by atoms with E-state index in [9.17, 15) is 0 Å². The molecule has 0 saturated heterocycles. The molecule has 3 atom stereocenters. The maximum atomic E-state index is 2.31. The largest absolute Gasteiger partial charge is 0.0654 e. The molecule has 0 N–H and O–H groups in total. The van der Waals surface area contributed by atoms with Crippen molar-refractivity contribution in [2.75, 3.05) is 0 Å². The normalized spacial score (nSPS) is 38.1. The maximum Gasteiger partial charge on any atom is -0.0357 e. The summed E-state index contributed by atoms with van der Waals surface area (Å²) in [4.78, 5) is 0. The lowest BCUT2D eigenvalue weighted by atomic mass is 9.59. The summed E-state index contributed by atoms with van der Waals surface area (Å²) in [5.41, 5.74) is 0. The number of rotatable bonds is 4. The molecule has 2 saturated carbocycles. The average Bonchev–Trinajstić information content (AvgIpc) is 2.08. The van der Waals surface area contributed by atoms with Gasteiger partial charge in [0, 0.05) is 0 Å². The van der Waals surface area contributed by atoms with Gasteiger partial charge in [0.15, 0.2) is 0 Å². The van der Waals surface area contributed by atoms with E-state index in [4.69, 9.17) is 0 Å². The van der Waals surface area contributed by atoms with Crippen LogP contribution in [0.15, 0.2) is 0 Å². The van der Waals surface area contributed by atoms with E-state index in [1.54, 1.807) is 32.1 Å². The van der Waals surface area contributed by atoms with Gasteiger partial charge in [0.25, 0.3) is 0 Å². The topological polar surface area (TPSA) is 0 Å². The van der Waals surface area contributed by atoms with Gasteiger partial charge < -0.3 is 0 Å². The second-order valence-corrected chi connectivity index (χ2v) is 5.19. The van der Waals surface area contributed by atoms with Gasteiger partial charge in [-0.15, -0.1) is 0 Å². The van der Waals surface area contributed by atoms with Crippen LogP contribution in [0.1, 0.15) is 64.7 Å². The summed E-state index contributed by atoms with van der Waals surface area (Å²) in [6, 6.07) is 0. The molecule has 0 bridgehead atoms. The van der Waals surface area contributed by atoms with Crippen LogP contribution in [0.3, 0.4) is 0 Å². The lowest BCUT2D eigenvalue weighted by molar-refractivity contribution is 0.0466. The summed E-state index contributed by atoms with van der Waals surface area (Å²) in [5, 5.41) is 0. The summed E-state index contributed by atoms with van der Waals surface area (Å²) in [5.74, 6) is 3.48. The molecule has 76 valence electrons. The van der Waals surface area contributed by atoms with Gasteiger partial charge in [0.05, 0.1) is 0 Å². The summed E-state index contributed by atoms with van der Waals surface area (Å²) in [6.45, 7) is 2.31. The van der Waals surface area contributed by atoms with E-state index < -0.39 is 0 Å². The van der Waals surface area contributed by atoms with Crippen LogP contribution in [0.25, 0.3) is 0 Å². The minimum absolute atomic E-state index is 1.14. The Morgan fingerprint density at radius 3 is 2.62 bits per heavy atom.